The van der Waals surface area contributed by atoms with Crippen molar-refractivity contribution in [3.63, 3.8) is 0 Å². The van der Waals surface area contributed by atoms with Gasteiger partial charge in [0.1, 0.15) is 5.00 Å². The second kappa shape index (κ2) is 6.98. The molecule has 0 bridgehead atoms. The highest BCUT2D eigenvalue weighted by Crippen LogP contribution is 2.31. The van der Waals surface area contributed by atoms with Crippen LogP contribution in [0.1, 0.15) is 46.9 Å². The van der Waals surface area contributed by atoms with Crippen LogP contribution in [0.15, 0.2) is 35.7 Å². The van der Waals surface area contributed by atoms with E-state index in [2.05, 4.69) is 16.7 Å². The van der Waals surface area contributed by atoms with Crippen molar-refractivity contribution in [2.75, 3.05) is 11.9 Å². The molecule has 2 amide bonds. The largest absolute Gasteiger partial charge is 0.373 e. The topological polar surface area (TPSA) is 67.4 Å². The Morgan fingerprint density at radius 2 is 2.04 bits per heavy atom. The van der Waals surface area contributed by atoms with Crippen LogP contribution < -0.4 is 10.6 Å². The molecule has 0 spiro atoms. The number of carbonyl (C=O) groups excluding carboxylic acids is 2. The first-order valence-corrected chi connectivity index (χ1v) is 9.46. The number of ether oxygens (including phenoxy) is 1. The smallest absolute Gasteiger partial charge is 0.254 e. The monoisotopic (exact) mass is 356 g/mol. The SMILES string of the molecule is O=C(CC1OCCc2ccccc21)Nc1sccc1C(=O)NC1CC1. The van der Waals surface area contributed by atoms with Crippen LogP contribution in [0.4, 0.5) is 5.00 Å². The van der Waals surface area contributed by atoms with Gasteiger partial charge in [-0.3, -0.25) is 9.59 Å². The zero-order valence-electron chi connectivity index (χ0n) is 13.8. The number of anilines is 1. The third-order valence-corrected chi connectivity index (χ3v) is 5.37. The molecule has 4 rings (SSSR count). The van der Waals surface area contributed by atoms with Crippen molar-refractivity contribution in [3.05, 3.63) is 52.4 Å². The molecule has 2 N–H and O–H groups in total. The van der Waals surface area contributed by atoms with Crippen molar-refractivity contribution in [3.8, 4) is 0 Å². The van der Waals surface area contributed by atoms with E-state index in [1.807, 2.05) is 23.6 Å². The first-order chi connectivity index (χ1) is 12.2. The Morgan fingerprint density at radius 1 is 1.20 bits per heavy atom. The summed E-state index contributed by atoms with van der Waals surface area (Å²) in [6.07, 6.45) is 2.98. The number of amides is 2. The maximum atomic E-state index is 12.5. The average molecular weight is 356 g/mol. The molecule has 1 aliphatic carbocycles. The molecule has 1 aromatic heterocycles. The molecule has 0 radical (unpaired) electrons. The van der Waals surface area contributed by atoms with Crippen LogP contribution in [0.3, 0.4) is 0 Å². The third kappa shape index (κ3) is 3.75. The Kier molecular flexibility index (Phi) is 4.55. The summed E-state index contributed by atoms with van der Waals surface area (Å²) >= 11 is 1.37. The van der Waals surface area contributed by atoms with Gasteiger partial charge < -0.3 is 15.4 Å². The van der Waals surface area contributed by atoms with Gasteiger partial charge in [0.2, 0.25) is 5.91 Å². The van der Waals surface area contributed by atoms with Gasteiger partial charge in [0.05, 0.1) is 24.7 Å². The van der Waals surface area contributed by atoms with E-state index in [0.29, 0.717) is 23.2 Å². The number of thiophene rings is 1. The lowest BCUT2D eigenvalue weighted by atomic mass is 9.95. The van der Waals surface area contributed by atoms with E-state index in [1.165, 1.54) is 16.9 Å². The predicted octanol–water partition coefficient (Wildman–Crippen LogP) is 3.28. The van der Waals surface area contributed by atoms with Crippen molar-refractivity contribution in [1.29, 1.82) is 0 Å². The molecule has 0 saturated heterocycles. The minimum Gasteiger partial charge on any atom is -0.373 e. The molecule has 6 heteroatoms. The number of benzene rings is 1. The van der Waals surface area contributed by atoms with Crippen molar-refractivity contribution in [2.45, 2.75) is 37.8 Å². The van der Waals surface area contributed by atoms with Crippen molar-refractivity contribution >= 4 is 28.2 Å². The summed E-state index contributed by atoms with van der Waals surface area (Å²) in [5, 5.41) is 8.27. The maximum Gasteiger partial charge on any atom is 0.254 e. The van der Waals surface area contributed by atoms with E-state index in [9.17, 15) is 9.59 Å². The van der Waals surface area contributed by atoms with Crippen LogP contribution in [-0.4, -0.2) is 24.5 Å². The molecule has 1 fully saturated rings. The van der Waals surface area contributed by atoms with E-state index in [0.717, 1.165) is 24.8 Å². The molecule has 1 aliphatic heterocycles. The molecule has 2 aliphatic rings. The minimum atomic E-state index is -0.228. The highest BCUT2D eigenvalue weighted by atomic mass is 32.1. The summed E-state index contributed by atoms with van der Waals surface area (Å²) in [6.45, 7) is 0.628. The predicted molar refractivity (Wildman–Crippen MR) is 96.9 cm³/mol. The van der Waals surface area contributed by atoms with Gasteiger partial charge in [0.15, 0.2) is 0 Å². The van der Waals surface area contributed by atoms with Gasteiger partial charge in [-0.05, 0) is 41.8 Å². The standard InChI is InChI=1S/C19H20N2O3S/c22-17(11-16-14-4-2-1-3-12(14)7-9-24-16)21-19-15(8-10-25-19)18(23)20-13-5-6-13/h1-4,8,10,13,16H,5-7,9,11H2,(H,20,23)(H,21,22). The molecule has 5 nitrogen and oxygen atoms in total. The van der Waals surface area contributed by atoms with Crippen LogP contribution in [0.5, 0.6) is 0 Å². The molecular formula is C19H20N2O3S. The van der Waals surface area contributed by atoms with Gasteiger partial charge in [-0.1, -0.05) is 24.3 Å². The Morgan fingerprint density at radius 3 is 2.88 bits per heavy atom. The lowest BCUT2D eigenvalue weighted by Crippen LogP contribution is -2.26. The summed E-state index contributed by atoms with van der Waals surface area (Å²) in [5.74, 6) is -0.247. The third-order valence-electron chi connectivity index (χ3n) is 4.54. The number of fused-ring (bicyclic) bond motifs is 1. The lowest BCUT2D eigenvalue weighted by molar-refractivity contribution is -0.119. The summed E-state index contributed by atoms with van der Waals surface area (Å²) in [6, 6.07) is 10.1. The van der Waals surface area contributed by atoms with E-state index in [-0.39, 0.29) is 24.3 Å². The molecule has 130 valence electrons. The lowest BCUT2D eigenvalue weighted by Gasteiger charge is -2.25. The zero-order valence-corrected chi connectivity index (χ0v) is 14.6. The van der Waals surface area contributed by atoms with Crippen LogP contribution in [0, 0.1) is 0 Å². The summed E-state index contributed by atoms with van der Waals surface area (Å²) in [7, 11) is 0. The first-order valence-electron chi connectivity index (χ1n) is 8.58. The number of nitrogens with one attached hydrogen (secondary N) is 2. The van der Waals surface area contributed by atoms with Crippen LogP contribution in [0.2, 0.25) is 0 Å². The molecule has 1 atom stereocenters. The summed E-state index contributed by atoms with van der Waals surface area (Å²) in [5.41, 5.74) is 2.86. The first kappa shape index (κ1) is 16.3. The molecule has 1 aromatic carbocycles. The number of hydrogen-bond donors (Lipinski definition) is 2. The maximum absolute atomic E-state index is 12.5. The number of carbonyl (C=O) groups is 2. The van der Waals surface area contributed by atoms with Crippen molar-refractivity contribution < 1.29 is 14.3 Å². The van der Waals surface area contributed by atoms with Gasteiger partial charge in [0, 0.05) is 6.04 Å². The number of hydrogen-bond acceptors (Lipinski definition) is 4. The summed E-state index contributed by atoms with van der Waals surface area (Å²) in [4.78, 5) is 24.7. The Labute approximate surface area is 150 Å². The minimum absolute atomic E-state index is 0.113. The quantitative estimate of drug-likeness (QED) is 0.864. The highest BCUT2D eigenvalue weighted by Gasteiger charge is 2.27. The normalized spacial score (nSPS) is 19.1. The van der Waals surface area contributed by atoms with Crippen LogP contribution in [-0.2, 0) is 16.0 Å². The molecule has 25 heavy (non-hydrogen) atoms. The fourth-order valence-corrected chi connectivity index (χ4v) is 3.87. The molecule has 2 aromatic rings. The van der Waals surface area contributed by atoms with E-state index in [1.54, 1.807) is 6.07 Å². The highest BCUT2D eigenvalue weighted by molar-refractivity contribution is 7.14. The van der Waals surface area contributed by atoms with Gasteiger partial charge in [-0.25, -0.2) is 0 Å². The Hall–Kier alpha value is -2.18. The van der Waals surface area contributed by atoms with E-state index >= 15 is 0 Å². The van der Waals surface area contributed by atoms with Crippen molar-refractivity contribution in [2.24, 2.45) is 0 Å². The van der Waals surface area contributed by atoms with Crippen LogP contribution >= 0.6 is 11.3 Å². The molecule has 2 heterocycles. The molecular weight excluding hydrogens is 336 g/mol. The number of rotatable bonds is 5. The van der Waals surface area contributed by atoms with Crippen LogP contribution in [0.25, 0.3) is 0 Å². The second-order valence-electron chi connectivity index (χ2n) is 6.47. The fraction of sp³-hybridized carbons (Fsp3) is 0.368. The second-order valence-corrected chi connectivity index (χ2v) is 7.39. The average Bonchev–Trinajstić information content (AvgIpc) is 3.30. The molecule has 1 unspecified atom stereocenters. The zero-order chi connectivity index (χ0) is 17.2. The van der Waals surface area contributed by atoms with Gasteiger partial charge in [-0.15, -0.1) is 11.3 Å². The molecule has 1 saturated carbocycles. The van der Waals surface area contributed by atoms with Gasteiger partial charge >= 0.3 is 0 Å². The van der Waals surface area contributed by atoms with Gasteiger partial charge in [0.25, 0.3) is 5.91 Å². The Balaban J connectivity index is 1.42. The fourth-order valence-electron chi connectivity index (χ4n) is 3.07. The van der Waals surface area contributed by atoms with E-state index in [4.69, 9.17) is 4.74 Å². The summed E-state index contributed by atoms with van der Waals surface area (Å²) < 4.78 is 5.80. The Bertz CT molecular complexity index is 797. The van der Waals surface area contributed by atoms with Gasteiger partial charge in [-0.2, -0.15) is 0 Å². The van der Waals surface area contributed by atoms with Crippen molar-refractivity contribution in [1.82, 2.24) is 5.32 Å². The van der Waals surface area contributed by atoms with E-state index < -0.39 is 0 Å².